The van der Waals surface area contributed by atoms with Crippen LogP contribution in [-0.4, -0.2) is 16.7 Å². The molecule has 1 aromatic heterocycles. The number of halogens is 1. The molecule has 0 aliphatic heterocycles. The van der Waals surface area contributed by atoms with E-state index in [1.165, 1.54) is 0 Å². The van der Waals surface area contributed by atoms with Gasteiger partial charge in [-0.3, -0.25) is 9.89 Å². The summed E-state index contributed by atoms with van der Waals surface area (Å²) in [6, 6.07) is 8.93. The van der Waals surface area contributed by atoms with Crippen molar-refractivity contribution >= 4 is 18.1 Å². The lowest BCUT2D eigenvalue weighted by Gasteiger charge is -2.14. The number of aromatic amines is 1. The van der Waals surface area contributed by atoms with Crippen molar-refractivity contribution in [1.82, 2.24) is 10.2 Å². The summed E-state index contributed by atoms with van der Waals surface area (Å²) in [6.45, 7) is 0.398. The van der Waals surface area contributed by atoms with E-state index in [4.69, 9.17) is 16.3 Å². The van der Waals surface area contributed by atoms with Crippen LogP contribution in [0.15, 0.2) is 36.5 Å². The van der Waals surface area contributed by atoms with E-state index < -0.39 is 6.10 Å². The van der Waals surface area contributed by atoms with E-state index in [-0.39, 0.29) is 0 Å². The third-order valence-corrected chi connectivity index (χ3v) is 2.53. The van der Waals surface area contributed by atoms with Crippen molar-refractivity contribution < 1.29 is 9.53 Å². The van der Waals surface area contributed by atoms with Crippen LogP contribution in [0.5, 0.6) is 0 Å². The van der Waals surface area contributed by atoms with Gasteiger partial charge in [0.15, 0.2) is 6.10 Å². The topological polar surface area (TPSA) is 55.0 Å². The van der Waals surface area contributed by atoms with Gasteiger partial charge in [0.2, 0.25) is 0 Å². The molecule has 1 aromatic carbocycles. The van der Waals surface area contributed by atoms with E-state index in [1.807, 2.05) is 12.1 Å². The Labute approximate surface area is 97.2 Å². The molecule has 1 N–H and O–H groups in total. The molecule has 0 spiro atoms. The van der Waals surface area contributed by atoms with Gasteiger partial charge in [-0.15, -0.1) is 0 Å². The van der Waals surface area contributed by atoms with Crippen LogP contribution in [0.1, 0.15) is 17.4 Å². The van der Waals surface area contributed by atoms with Crippen molar-refractivity contribution in [3.8, 4) is 0 Å². The van der Waals surface area contributed by atoms with Crippen molar-refractivity contribution in [2.24, 2.45) is 0 Å². The average molecular weight is 237 g/mol. The predicted octanol–water partition coefficient (Wildman–Crippen LogP) is 2.33. The third-order valence-electron chi connectivity index (χ3n) is 2.18. The monoisotopic (exact) mass is 236 g/mol. The number of carbonyl (C=O) groups excluding carboxylic acids is 1. The number of aromatic nitrogens is 2. The van der Waals surface area contributed by atoms with Gasteiger partial charge < -0.3 is 4.74 Å². The van der Waals surface area contributed by atoms with Crippen molar-refractivity contribution in [1.29, 1.82) is 0 Å². The summed E-state index contributed by atoms with van der Waals surface area (Å²) in [7, 11) is 0. The van der Waals surface area contributed by atoms with Gasteiger partial charge in [-0.05, 0) is 12.1 Å². The van der Waals surface area contributed by atoms with Gasteiger partial charge in [0.05, 0.1) is 5.69 Å². The minimum absolute atomic E-state index is 0.398. The van der Waals surface area contributed by atoms with E-state index >= 15 is 0 Å². The fourth-order valence-electron chi connectivity index (χ4n) is 1.47. The summed E-state index contributed by atoms with van der Waals surface area (Å²) >= 11 is 6.04. The Bertz CT molecular complexity index is 471. The van der Waals surface area contributed by atoms with Crippen LogP contribution in [0.25, 0.3) is 0 Å². The van der Waals surface area contributed by atoms with Crippen LogP contribution in [0.4, 0.5) is 0 Å². The molecule has 0 aliphatic rings. The van der Waals surface area contributed by atoms with E-state index in [1.54, 1.807) is 24.4 Å². The maximum atomic E-state index is 10.5. The van der Waals surface area contributed by atoms with Crippen molar-refractivity contribution in [3.63, 3.8) is 0 Å². The maximum Gasteiger partial charge on any atom is 0.294 e. The van der Waals surface area contributed by atoms with Crippen LogP contribution >= 0.6 is 11.6 Å². The number of rotatable bonds is 4. The SMILES string of the molecule is O=COC(c1ccn[nH]1)c1ccccc1Cl. The molecule has 1 unspecified atom stereocenters. The average Bonchev–Trinajstić information content (AvgIpc) is 2.80. The molecule has 0 saturated carbocycles. The van der Waals surface area contributed by atoms with Crippen molar-refractivity contribution in [2.45, 2.75) is 6.10 Å². The van der Waals surface area contributed by atoms with Gasteiger partial charge in [-0.25, -0.2) is 0 Å². The van der Waals surface area contributed by atoms with E-state index in [9.17, 15) is 4.79 Å². The highest BCUT2D eigenvalue weighted by Crippen LogP contribution is 2.29. The first-order chi connectivity index (χ1) is 7.83. The zero-order valence-electron chi connectivity index (χ0n) is 8.26. The number of ether oxygens (including phenoxy) is 1. The van der Waals surface area contributed by atoms with Gasteiger partial charge in [0.25, 0.3) is 6.47 Å². The highest BCUT2D eigenvalue weighted by atomic mass is 35.5. The van der Waals surface area contributed by atoms with Gasteiger partial charge in [0.1, 0.15) is 0 Å². The molecule has 1 atom stereocenters. The fraction of sp³-hybridized carbons (Fsp3) is 0.0909. The molecular formula is C11H9ClN2O2. The number of nitrogens with zero attached hydrogens (tertiary/aromatic N) is 1. The Balaban J connectivity index is 2.40. The lowest BCUT2D eigenvalue weighted by atomic mass is 10.1. The second-order valence-electron chi connectivity index (χ2n) is 3.15. The molecule has 16 heavy (non-hydrogen) atoms. The quantitative estimate of drug-likeness (QED) is 0.829. The molecule has 0 radical (unpaired) electrons. The Hall–Kier alpha value is -1.81. The molecule has 4 nitrogen and oxygen atoms in total. The van der Waals surface area contributed by atoms with E-state index in [2.05, 4.69) is 10.2 Å². The summed E-state index contributed by atoms with van der Waals surface area (Å²) in [5.41, 5.74) is 1.40. The van der Waals surface area contributed by atoms with E-state index in [0.717, 1.165) is 5.56 Å². The minimum atomic E-state index is -0.548. The molecule has 0 fully saturated rings. The zero-order chi connectivity index (χ0) is 11.4. The molecule has 1 heterocycles. The number of hydrogen-bond acceptors (Lipinski definition) is 3. The third kappa shape index (κ3) is 2.06. The second-order valence-corrected chi connectivity index (χ2v) is 3.55. The first-order valence-electron chi connectivity index (χ1n) is 4.65. The number of carbonyl (C=O) groups is 1. The summed E-state index contributed by atoms with van der Waals surface area (Å²) in [4.78, 5) is 10.5. The van der Waals surface area contributed by atoms with Gasteiger partial charge in [0, 0.05) is 16.8 Å². The van der Waals surface area contributed by atoms with Crippen molar-refractivity contribution in [2.75, 3.05) is 0 Å². The number of benzene rings is 1. The Morgan fingerprint density at radius 1 is 1.38 bits per heavy atom. The molecular weight excluding hydrogens is 228 g/mol. The molecule has 0 aliphatic carbocycles. The predicted molar refractivity (Wildman–Crippen MR) is 59.0 cm³/mol. The highest BCUT2D eigenvalue weighted by Gasteiger charge is 2.18. The minimum Gasteiger partial charge on any atom is -0.453 e. The molecule has 0 amide bonds. The maximum absolute atomic E-state index is 10.5. The molecule has 82 valence electrons. The lowest BCUT2D eigenvalue weighted by molar-refractivity contribution is -0.132. The standard InChI is InChI=1S/C11H9ClN2O2/c12-9-4-2-1-3-8(9)11(16-7-15)10-5-6-13-14-10/h1-7,11H,(H,13,14). The zero-order valence-corrected chi connectivity index (χ0v) is 9.02. The molecule has 0 bridgehead atoms. The Morgan fingerprint density at radius 3 is 2.81 bits per heavy atom. The van der Waals surface area contributed by atoms with Crippen LogP contribution in [0, 0.1) is 0 Å². The molecule has 0 saturated heterocycles. The number of hydrogen-bond donors (Lipinski definition) is 1. The first kappa shape index (κ1) is 10.7. The van der Waals surface area contributed by atoms with E-state index in [0.29, 0.717) is 17.2 Å². The van der Waals surface area contributed by atoms with Crippen LogP contribution in [0.3, 0.4) is 0 Å². The fourth-order valence-corrected chi connectivity index (χ4v) is 1.70. The molecule has 2 aromatic rings. The number of H-pyrrole nitrogens is 1. The Kier molecular flexibility index (Phi) is 3.22. The van der Waals surface area contributed by atoms with Crippen LogP contribution in [-0.2, 0) is 9.53 Å². The summed E-state index contributed by atoms with van der Waals surface area (Å²) in [5.74, 6) is 0. The normalized spacial score (nSPS) is 12.1. The van der Waals surface area contributed by atoms with Gasteiger partial charge in [-0.1, -0.05) is 29.8 Å². The summed E-state index contributed by atoms with van der Waals surface area (Å²) in [5, 5.41) is 7.12. The highest BCUT2D eigenvalue weighted by molar-refractivity contribution is 6.31. The smallest absolute Gasteiger partial charge is 0.294 e. The van der Waals surface area contributed by atoms with Crippen molar-refractivity contribution in [3.05, 3.63) is 52.8 Å². The van der Waals surface area contributed by atoms with Crippen LogP contribution in [0.2, 0.25) is 5.02 Å². The summed E-state index contributed by atoms with van der Waals surface area (Å²) in [6.07, 6.45) is 1.04. The molecule has 2 rings (SSSR count). The lowest BCUT2D eigenvalue weighted by Crippen LogP contribution is -2.06. The number of nitrogens with one attached hydrogen (secondary N) is 1. The van der Waals surface area contributed by atoms with Crippen LogP contribution < -0.4 is 0 Å². The summed E-state index contributed by atoms with van der Waals surface area (Å²) < 4.78 is 5.02. The largest absolute Gasteiger partial charge is 0.453 e. The second kappa shape index (κ2) is 4.81. The molecule has 5 heteroatoms. The van der Waals surface area contributed by atoms with Gasteiger partial charge >= 0.3 is 0 Å². The van der Waals surface area contributed by atoms with Gasteiger partial charge in [-0.2, -0.15) is 5.10 Å². The Morgan fingerprint density at radius 2 is 2.19 bits per heavy atom. The first-order valence-corrected chi connectivity index (χ1v) is 5.03.